The maximum Gasteiger partial charge on any atom is 0.234 e. The molecule has 0 spiro atoms. The maximum atomic E-state index is 11.1. The van der Waals surface area contributed by atoms with Crippen molar-refractivity contribution in [2.45, 2.75) is 33.2 Å². The number of carbonyl (C=O) groups excluding carboxylic acids is 2. The molecule has 0 rings (SSSR count). The average molecular weight is 186 g/mol. The molecule has 0 aromatic rings. The van der Waals surface area contributed by atoms with Crippen molar-refractivity contribution < 1.29 is 9.59 Å². The summed E-state index contributed by atoms with van der Waals surface area (Å²) in [7, 11) is 0. The first-order chi connectivity index (χ1) is 6.02. The molecule has 0 aliphatic carbocycles. The third kappa shape index (κ3) is 4.03. The van der Waals surface area contributed by atoms with Gasteiger partial charge in [0.05, 0.1) is 12.6 Å². The Balaban J connectivity index is 4.26. The summed E-state index contributed by atoms with van der Waals surface area (Å²) in [6.07, 6.45) is 0.856. The molecule has 0 fully saturated rings. The van der Waals surface area contributed by atoms with E-state index in [9.17, 15) is 9.59 Å². The van der Waals surface area contributed by atoms with Crippen molar-refractivity contribution in [3.05, 3.63) is 0 Å². The van der Waals surface area contributed by atoms with Gasteiger partial charge >= 0.3 is 0 Å². The molecule has 0 aromatic heterocycles. The van der Waals surface area contributed by atoms with E-state index in [-0.39, 0.29) is 30.2 Å². The fourth-order valence-electron chi connectivity index (χ4n) is 1.11. The number of nitrogens with one attached hydrogen (secondary N) is 1. The van der Waals surface area contributed by atoms with Gasteiger partial charge in [-0.3, -0.25) is 9.59 Å². The lowest BCUT2D eigenvalue weighted by Crippen LogP contribution is -2.46. The van der Waals surface area contributed by atoms with Gasteiger partial charge < -0.3 is 11.1 Å². The molecule has 0 aliphatic rings. The molecule has 3 N–H and O–H groups in total. The highest BCUT2D eigenvalue weighted by atomic mass is 16.2. The Bertz CT molecular complexity index is 192. The third-order valence-corrected chi connectivity index (χ3v) is 2.15. The molecule has 13 heavy (non-hydrogen) atoms. The van der Waals surface area contributed by atoms with Crippen molar-refractivity contribution in [3.8, 4) is 0 Å². The number of nitrogens with two attached hydrogens (primary N) is 1. The summed E-state index contributed by atoms with van der Waals surface area (Å²) in [6.45, 7) is 5.33. The lowest BCUT2D eigenvalue weighted by molar-refractivity contribution is -0.127. The SMILES string of the molecule is CC[C@@H](C)[C@H](NC(=O)CN)C(C)=O. The molecule has 4 heteroatoms. The van der Waals surface area contributed by atoms with E-state index in [1.54, 1.807) is 0 Å². The Hall–Kier alpha value is -0.900. The first kappa shape index (κ1) is 12.1. The quantitative estimate of drug-likeness (QED) is 0.638. The normalized spacial score (nSPS) is 14.8. The monoisotopic (exact) mass is 186 g/mol. The predicted molar refractivity (Wildman–Crippen MR) is 51.1 cm³/mol. The second-order valence-corrected chi connectivity index (χ2v) is 3.25. The van der Waals surface area contributed by atoms with Crippen LogP contribution in [0.25, 0.3) is 0 Å². The maximum absolute atomic E-state index is 11.1. The van der Waals surface area contributed by atoms with Crippen molar-refractivity contribution in [1.29, 1.82) is 0 Å². The molecular weight excluding hydrogens is 168 g/mol. The van der Waals surface area contributed by atoms with Gasteiger partial charge in [-0.05, 0) is 12.8 Å². The van der Waals surface area contributed by atoms with Crippen molar-refractivity contribution >= 4 is 11.7 Å². The summed E-state index contributed by atoms with van der Waals surface area (Å²) >= 11 is 0. The molecule has 0 radical (unpaired) electrons. The number of hydrogen-bond acceptors (Lipinski definition) is 3. The lowest BCUT2D eigenvalue weighted by atomic mass is 9.96. The first-order valence-corrected chi connectivity index (χ1v) is 4.52. The standard InChI is InChI=1S/C9H18N2O2/c1-4-6(2)9(7(3)12)11-8(13)5-10/h6,9H,4-5,10H2,1-3H3,(H,11,13)/t6-,9+/m1/s1. The van der Waals surface area contributed by atoms with Crippen LogP contribution in [-0.4, -0.2) is 24.3 Å². The molecule has 2 atom stereocenters. The molecule has 0 saturated carbocycles. The summed E-state index contributed by atoms with van der Waals surface area (Å²) in [5.74, 6) is -0.135. The minimum atomic E-state index is -0.388. The van der Waals surface area contributed by atoms with E-state index in [4.69, 9.17) is 5.73 Å². The van der Waals surface area contributed by atoms with Gasteiger partial charge in [0.15, 0.2) is 5.78 Å². The lowest BCUT2D eigenvalue weighted by Gasteiger charge is -2.21. The van der Waals surface area contributed by atoms with Crippen LogP contribution in [0, 0.1) is 5.92 Å². The van der Waals surface area contributed by atoms with Crippen LogP contribution < -0.4 is 11.1 Å². The molecular formula is C9H18N2O2. The van der Waals surface area contributed by atoms with Crippen LogP contribution in [0.1, 0.15) is 27.2 Å². The predicted octanol–water partition coefficient (Wildman–Crippen LogP) is 0.0650. The summed E-state index contributed by atoms with van der Waals surface area (Å²) in [4.78, 5) is 22.1. The molecule has 4 nitrogen and oxygen atoms in total. The molecule has 0 bridgehead atoms. The number of Topliss-reactive ketones (excluding diaryl/α,β-unsaturated/α-hetero) is 1. The Morgan fingerprint density at radius 2 is 2.00 bits per heavy atom. The van der Waals surface area contributed by atoms with Crippen LogP contribution in [0.15, 0.2) is 0 Å². The summed E-state index contributed by atoms with van der Waals surface area (Å²) in [6, 6.07) is -0.388. The van der Waals surface area contributed by atoms with E-state index in [0.29, 0.717) is 0 Å². The zero-order chi connectivity index (χ0) is 10.4. The van der Waals surface area contributed by atoms with Crippen molar-refractivity contribution in [2.75, 3.05) is 6.54 Å². The van der Waals surface area contributed by atoms with E-state index in [1.165, 1.54) is 6.92 Å². The highest BCUT2D eigenvalue weighted by Crippen LogP contribution is 2.08. The minimum Gasteiger partial charge on any atom is -0.345 e. The van der Waals surface area contributed by atoms with Gasteiger partial charge in [0.25, 0.3) is 0 Å². The first-order valence-electron chi connectivity index (χ1n) is 4.52. The molecule has 76 valence electrons. The van der Waals surface area contributed by atoms with E-state index in [2.05, 4.69) is 5.32 Å². The van der Waals surface area contributed by atoms with Crippen LogP contribution in [0.2, 0.25) is 0 Å². The summed E-state index contributed by atoms with van der Waals surface area (Å²) in [5.41, 5.74) is 5.14. The second-order valence-electron chi connectivity index (χ2n) is 3.25. The highest BCUT2D eigenvalue weighted by Gasteiger charge is 2.21. The number of amides is 1. The van der Waals surface area contributed by atoms with Crippen LogP contribution in [0.3, 0.4) is 0 Å². The van der Waals surface area contributed by atoms with E-state index >= 15 is 0 Å². The summed E-state index contributed by atoms with van der Waals surface area (Å²) < 4.78 is 0. The zero-order valence-corrected chi connectivity index (χ0v) is 8.46. The minimum absolute atomic E-state index is 0.0175. The van der Waals surface area contributed by atoms with Crippen molar-refractivity contribution in [3.63, 3.8) is 0 Å². The average Bonchev–Trinajstić information content (AvgIpc) is 2.11. The molecule has 0 aromatic carbocycles. The largest absolute Gasteiger partial charge is 0.345 e. The third-order valence-electron chi connectivity index (χ3n) is 2.15. The number of ketones is 1. The Morgan fingerprint density at radius 3 is 2.31 bits per heavy atom. The topological polar surface area (TPSA) is 72.2 Å². The van der Waals surface area contributed by atoms with Crippen LogP contribution in [0.5, 0.6) is 0 Å². The van der Waals surface area contributed by atoms with Crippen molar-refractivity contribution in [2.24, 2.45) is 11.7 Å². The molecule has 0 heterocycles. The van der Waals surface area contributed by atoms with Crippen LogP contribution in [0.4, 0.5) is 0 Å². The fraction of sp³-hybridized carbons (Fsp3) is 0.778. The van der Waals surface area contributed by atoms with Crippen molar-refractivity contribution in [1.82, 2.24) is 5.32 Å². The van der Waals surface area contributed by atoms with Crippen LogP contribution >= 0.6 is 0 Å². The summed E-state index contributed by atoms with van der Waals surface area (Å²) in [5, 5.41) is 2.60. The smallest absolute Gasteiger partial charge is 0.234 e. The Labute approximate surface area is 78.9 Å². The van der Waals surface area contributed by atoms with Gasteiger partial charge in [0.1, 0.15) is 0 Å². The van der Waals surface area contributed by atoms with E-state index in [0.717, 1.165) is 6.42 Å². The zero-order valence-electron chi connectivity index (χ0n) is 8.46. The van der Waals surface area contributed by atoms with Gasteiger partial charge in [-0.15, -0.1) is 0 Å². The number of rotatable bonds is 5. The van der Waals surface area contributed by atoms with E-state index in [1.807, 2.05) is 13.8 Å². The molecule has 0 saturated heterocycles. The second kappa shape index (κ2) is 5.70. The fourth-order valence-corrected chi connectivity index (χ4v) is 1.11. The van der Waals surface area contributed by atoms with Gasteiger partial charge in [0.2, 0.25) is 5.91 Å². The van der Waals surface area contributed by atoms with Gasteiger partial charge in [-0.25, -0.2) is 0 Å². The molecule has 1 amide bonds. The van der Waals surface area contributed by atoms with E-state index < -0.39 is 0 Å². The molecule has 0 unspecified atom stereocenters. The van der Waals surface area contributed by atoms with Crippen LogP contribution in [-0.2, 0) is 9.59 Å². The number of hydrogen-bond donors (Lipinski definition) is 2. The Kier molecular flexibility index (Phi) is 5.30. The van der Waals surface area contributed by atoms with Gasteiger partial charge in [-0.1, -0.05) is 20.3 Å². The highest BCUT2D eigenvalue weighted by molar-refractivity contribution is 5.88. The van der Waals surface area contributed by atoms with Gasteiger partial charge in [0, 0.05) is 0 Å². The van der Waals surface area contributed by atoms with Gasteiger partial charge in [-0.2, -0.15) is 0 Å². The molecule has 0 aliphatic heterocycles. The Morgan fingerprint density at radius 1 is 1.46 bits per heavy atom. The number of carbonyl (C=O) groups is 2.